The maximum absolute atomic E-state index is 12.4. The summed E-state index contributed by atoms with van der Waals surface area (Å²) in [5.41, 5.74) is 0.855. The molecule has 1 aliphatic heterocycles. The smallest absolute Gasteiger partial charge is 0.240 e. The van der Waals surface area contributed by atoms with Crippen molar-refractivity contribution in [2.45, 2.75) is 16.8 Å². The van der Waals surface area contributed by atoms with E-state index in [4.69, 9.17) is 0 Å². The lowest BCUT2D eigenvalue weighted by molar-refractivity contribution is -0.116. The zero-order valence-corrected chi connectivity index (χ0v) is 11.5. The van der Waals surface area contributed by atoms with Crippen LogP contribution in [0.5, 0.6) is 0 Å². The van der Waals surface area contributed by atoms with Crippen molar-refractivity contribution in [3.8, 4) is 0 Å². The Labute approximate surface area is 114 Å². The van der Waals surface area contributed by atoms with E-state index < -0.39 is 0 Å². The third-order valence-electron chi connectivity index (χ3n) is 3.08. The van der Waals surface area contributed by atoms with Crippen LogP contribution in [-0.4, -0.2) is 42.2 Å². The number of hydrogen-bond acceptors (Lipinski definition) is 5. The average molecular weight is 278 g/mol. The van der Waals surface area contributed by atoms with Crippen molar-refractivity contribution in [3.63, 3.8) is 0 Å². The highest BCUT2D eigenvalue weighted by Gasteiger charge is 2.34. The molecular formula is C11H14N6OS. The minimum absolute atomic E-state index is 0.0943. The second-order valence-corrected chi connectivity index (χ2v) is 5.59. The van der Waals surface area contributed by atoms with Crippen molar-refractivity contribution < 1.29 is 4.79 Å². The maximum Gasteiger partial charge on any atom is 0.240 e. The normalized spacial score (nSPS) is 19.4. The minimum atomic E-state index is -0.0943. The summed E-state index contributed by atoms with van der Waals surface area (Å²) in [6.45, 7) is 0.722. The van der Waals surface area contributed by atoms with Crippen LogP contribution >= 0.6 is 11.8 Å². The van der Waals surface area contributed by atoms with E-state index in [0.717, 1.165) is 23.8 Å². The van der Waals surface area contributed by atoms with Gasteiger partial charge in [-0.15, -0.1) is 0 Å². The van der Waals surface area contributed by atoms with Crippen molar-refractivity contribution in [3.05, 3.63) is 18.7 Å². The molecule has 19 heavy (non-hydrogen) atoms. The summed E-state index contributed by atoms with van der Waals surface area (Å²) in [7, 11) is 3.67. The Morgan fingerprint density at radius 1 is 1.37 bits per heavy atom. The molecule has 0 spiro atoms. The molecule has 100 valence electrons. The number of carbonyl (C=O) groups is 1. The highest BCUT2D eigenvalue weighted by Crippen LogP contribution is 2.31. The Bertz CT molecular complexity index is 606. The second kappa shape index (κ2) is 4.69. The van der Waals surface area contributed by atoms with Gasteiger partial charge in [0.25, 0.3) is 0 Å². The van der Waals surface area contributed by atoms with Gasteiger partial charge >= 0.3 is 0 Å². The number of thioether (sulfide) groups is 1. The third kappa shape index (κ3) is 2.23. The number of nitrogens with zero attached hydrogens (tertiary/aromatic N) is 6. The predicted octanol–water partition coefficient (Wildman–Crippen LogP) is 0.446. The molecule has 7 nitrogen and oxygen atoms in total. The maximum atomic E-state index is 12.4. The van der Waals surface area contributed by atoms with Crippen molar-refractivity contribution in [2.75, 3.05) is 11.4 Å². The molecule has 0 saturated carbocycles. The molecule has 2 aromatic heterocycles. The van der Waals surface area contributed by atoms with E-state index in [9.17, 15) is 4.79 Å². The number of amides is 1. The van der Waals surface area contributed by atoms with E-state index in [1.807, 2.05) is 20.3 Å². The Kier molecular flexibility index (Phi) is 3.02. The van der Waals surface area contributed by atoms with Crippen LogP contribution in [0.15, 0.2) is 23.9 Å². The largest absolute Gasteiger partial charge is 0.308 e. The van der Waals surface area contributed by atoms with Crippen molar-refractivity contribution in [1.82, 2.24) is 24.5 Å². The van der Waals surface area contributed by atoms with E-state index >= 15 is 0 Å². The van der Waals surface area contributed by atoms with Gasteiger partial charge in [0.2, 0.25) is 5.91 Å². The van der Waals surface area contributed by atoms with Crippen LogP contribution in [0.25, 0.3) is 0 Å². The molecule has 0 aromatic carbocycles. The van der Waals surface area contributed by atoms with Crippen molar-refractivity contribution in [1.29, 1.82) is 0 Å². The van der Waals surface area contributed by atoms with Crippen LogP contribution in [0.3, 0.4) is 0 Å². The number of hydrogen-bond donors (Lipinski definition) is 0. The van der Waals surface area contributed by atoms with E-state index in [0.29, 0.717) is 0 Å². The molecule has 3 rings (SSSR count). The lowest BCUT2D eigenvalue weighted by Gasteiger charge is -2.13. The Morgan fingerprint density at radius 2 is 2.21 bits per heavy atom. The zero-order valence-electron chi connectivity index (χ0n) is 10.7. The molecule has 2 aromatic rings. The van der Waals surface area contributed by atoms with Gasteiger partial charge in [-0.25, -0.2) is 9.67 Å². The van der Waals surface area contributed by atoms with E-state index in [1.165, 1.54) is 18.1 Å². The van der Waals surface area contributed by atoms with E-state index in [1.54, 1.807) is 20.5 Å². The van der Waals surface area contributed by atoms with Gasteiger partial charge in [-0.2, -0.15) is 10.2 Å². The van der Waals surface area contributed by atoms with Gasteiger partial charge in [0.1, 0.15) is 6.33 Å². The summed E-state index contributed by atoms with van der Waals surface area (Å²) in [5, 5.41) is 8.79. The molecule has 1 atom stereocenters. The molecule has 1 fully saturated rings. The fraction of sp³-hybridized carbons (Fsp3) is 0.455. The molecular weight excluding hydrogens is 264 g/mol. The number of anilines is 1. The Balaban J connectivity index is 1.74. The Morgan fingerprint density at radius 3 is 2.84 bits per heavy atom. The fourth-order valence-corrected chi connectivity index (χ4v) is 3.10. The standard InChI is InChI=1S/C11H14N6OS/c1-15-6-8(5-13-15)17-4-3-9(10(17)18)19-11-12-7-14-16(11)2/h5-7,9H,3-4H2,1-2H3/t9-/m1/s1. The number of rotatable bonds is 3. The van der Waals surface area contributed by atoms with Crippen LogP contribution in [0.1, 0.15) is 6.42 Å². The van der Waals surface area contributed by atoms with Crippen molar-refractivity contribution >= 4 is 23.4 Å². The molecule has 0 unspecified atom stereocenters. The number of aryl methyl sites for hydroxylation is 2. The molecule has 3 heterocycles. The fourth-order valence-electron chi connectivity index (χ4n) is 2.09. The summed E-state index contributed by atoms with van der Waals surface area (Å²) in [6, 6.07) is 0. The van der Waals surface area contributed by atoms with Crippen LogP contribution in [0.4, 0.5) is 5.69 Å². The van der Waals surface area contributed by atoms with Crippen molar-refractivity contribution in [2.24, 2.45) is 14.1 Å². The molecule has 0 aliphatic carbocycles. The SMILES string of the molecule is Cn1cc(N2CC[C@@H](Sc3ncnn3C)C2=O)cn1. The summed E-state index contributed by atoms with van der Waals surface area (Å²) in [5.74, 6) is 0.112. The highest BCUT2D eigenvalue weighted by atomic mass is 32.2. The van der Waals surface area contributed by atoms with Gasteiger partial charge in [0, 0.05) is 26.8 Å². The van der Waals surface area contributed by atoms with Gasteiger partial charge in [-0.3, -0.25) is 9.48 Å². The van der Waals surface area contributed by atoms with E-state index in [2.05, 4.69) is 15.2 Å². The molecule has 1 aliphatic rings. The number of aromatic nitrogens is 5. The first-order chi connectivity index (χ1) is 9.15. The molecule has 8 heteroatoms. The van der Waals surface area contributed by atoms with Gasteiger partial charge < -0.3 is 4.90 Å². The summed E-state index contributed by atoms with van der Waals surface area (Å²) >= 11 is 1.47. The van der Waals surface area contributed by atoms with Crippen LogP contribution in [0, 0.1) is 0 Å². The molecule has 1 saturated heterocycles. The predicted molar refractivity (Wildman–Crippen MR) is 70.8 cm³/mol. The zero-order chi connectivity index (χ0) is 13.4. The van der Waals surface area contributed by atoms with Gasteiger partial charge in [-0.1, -0.05) is 11.8 Å². The summed E-state index contributed by atoms with van der Waals surface area (Å²) in [6.07, 6.45) is 5.88. The average Bonchev–Trinajstić information content (AvgIpc) is 3.05. The summed E-state index contributed by atoms with van der Waals surface area (Å²) < 4.78 is 3.39. The third-order valence-corrected chi connectivity index (χ3v) is 4.38. The molecule has 1 amide bonds. The minimum Gasteiger partial charge on any atom is -0.308 e. The lowest BCUT2D eigenvalue weighted by Crippen LogP contribution is -2.27. The molecule has 0 bridgehead atoms. The summed E-state index contributed by atoms with van der Waals surface area (Å²) in [4.78, 5) is 18.3. The van der Waals surface area contributed by atoms with Gasteiger partial charge in [0.05, 0.1) is 17.1 Å². The van der Waals surface area contributed by atoms with Gasteiger partial charge in [0.15, 0.2) is 5.16 Å². The molecule has 0 radical (unpaired) electrons. The lowest BCUT2D eigenvalue weighted by atomic mass is 10.4. The van der Waals surface area contributed by atoms with Crippen LogP contribution in [0.2, 0.25) is 0 Å². The quantitative estimate of drug-likeness (QED) is 0.815. The van der Waals surface area contributed by atoms with Crippen LogP contribution < -0.4 is 4.90 Å². The Hall–Kier alpha value is -1.83. The monoisotopic (exact) mass is 278 g/mol. The highest BCUT2D eigenvalue weighted by molar-refractivity contribution is 8.00. The topological polar surface area (TPSA) is 68.8 Å². The second-order valence-electron chi connectivity index (χ2n) is 4.42. The molecule has 0 N–H and O–H groups in total. The van der Waals surface area contributed by atoms with Crippen LogP contribution in [-0.2, 0) is 18.9 Å². The first-order valence-corrected chi connectivity index (χ1v) is 6.84. The van der Waals surface area contributed by atoms with Gasteiger partial charge in [-0.05, 0) is 6.42 Å². The van der Waals surface area contributed by atoms with E-state index in [-0.39, 0.29) is 11.2 Å². The number of carbonyl (C=O) groups excluding carboxylic acids is 1. The first kappa shape index (κ1) is 12.2. The first-order valence-electron chi connectivity index (χ1n) is 5.96.